The van der Waals surface area contributed by atoms with Crippen molar-refractivity contribution in [3.8, 4) is 0 Å². The number of nitrogens with zero attached hydrogens (tertiary/aromatic N) is 4. The lowest BCUT2D eigenvalue weighted by molar-refractivity contribution is -0.384. The molecule has 0 amide bonds. The fraction of sp³-hybridized carbons (Fsp3) is 0.600. The zero-order chi connectivity index (χ0) is 13.4. The highest BCUT2D eigenvalue weighted by Crippen LogP contribution is 2.35. The third-order valence-electron chi connectivity index (χ3n) is 3.06. The van der Waals surface area contributed by atoms with E-state index in [2.05, 4.69) is 5.10 Å². The van der Waals surface area contributed by atoms with Crippen molar-refractivity contribution in [1.82, 2.24) is 9.78 Å². The van der Waals surface area contributed by atoms with Gasteiger partial charge in [-0.05, 0) is 6.92 Å². The van der Waals surface area contributed by atoms with Crippen molar-refractivity contribution < 1.29 is 14.8 Å². The number of hydrogen-bond donors (Lipinski definition) is 1. The minimum atomic E-state index is -0.838. The number of aromatic nitrogens is 2. The Morgan fingerprint density at radius 2 is 2.22 bits per heavy atom. The number of rotatable bonds is 4. The predicted molar refractivity (Wildman–Crippen MR) is 62.6 cm³/mol. The van der Waals surface area contributed by atoms with Gasteiger partial charge in [-0.25, -0.2) is 4.68 Å². The topological polar surface area (TPSA) is 102 Å². The molecule has 1 aromatic heterocycles. The van der Waals surface area contributed by atoms with E-state index in [-0.39, 0.29) is 18.0 Å². The maximum absolute atomic E-state index is 11.0. The molecule has 0 unspecified atom stereocenters. The van der Waals surface area contributed by atoms with Crippen LogP contribution in [0, 0.1) is 23.0 Å². The second-order valence-electron chi connectivity index (χ2n) is 4.51. The fourth-order valence-corrected chi connectivity index (χ4v) is 2.32. The Kier molecular flexibility index (Phi) is 2.93. The van der Waals surface area contributed by atoms with Crippen LogP contribution in [0.5, 0.6) is 0 Å². The van der Waals surface area contributed by atoms with Crippen LogP contribution in [-0.2, 0) is 11.8 Å². The second-order valence-corrected chi connectivity index (χ2v) is 4.51. The normalized spacial score (nSPS) is 15.6. The van der Waals surface area contributed by atoms with E-state index in [0.29, 0.717) is 24.6 Å². The van der Waals surface area contributed by atoms with Crippen LogP contribution in [0.3, 0.4) is 0 Å². The van der Waals surface area contributed by atoms with E-state index in [1.165, 1.54) is 4.68 Å². The van der Waals surface area contributed by atoms with Gasteiger partial charge < -0.3 is 10.0 Å². The molecule has 18 heavy (non-hydrogen) atoms. The molecule has 0 atom stereocenters. The van der Waals surface area contributed by atoms with E-state index in [9.17, 15) is 14.9 Å². The summed E-state index contributed by atoms with van der Waals surface area (Å²) in [6.07, 6.45) is 0.0983. The Bertz CT molecular complexity index is 504. The first-order chi connectivity index (χ1) is 8.40. The van der Waals surface area contributed by atoms with Gasteiger partial charge in [0.05, 0.1) is 11.3 Å². The lowest BCUT2D eigenvalue weighted by atomic mass is 9.96. The first-order valence-electron chi connectivity index (χ1n) is 5.55. The van der Waals surface area contributed by atoms with Crippen molar-refractivity contribution in [2.45, 2.75) is 13.3 Å². The van der Waals surface area contributed by atoms with Crippen LogP contribution in [-0.4, -0.2) is 38.9 Å². The van der Waals surface area contributed by atoms with Gasteiger partial charge in [0, 0.05) is 26.1 Å². The van der Waals surface area contributed by atoms with Crippen LogP contribution < -0.4 is 4.90 Å². The average molecular weight is 254 g/mol. The third-order valence-corrected chi connectivity index (χ3v) is 3.06. The minimum absolute atomic E-state index is 0.00581. The van der Waals surface area contributed by atoms with E-state index in [0.717, 1.165) is 0 Å². The van der Waals surface area contributed by atoms with Gasteiger partial charge in [-0.15, -0.1) is 0 Å². The van der Waals surface area contributed by atoms with Crippen molar-refractivity contribution in [3.63, 3.8) is 0 Å². The van der Waals surface area contributed by atoms with Gasteiger partial charge in [0.1, 0.15) is 5.69 Å². The maximum Gasteiger partial charge on any atom is 0.333 e. The molecule has 98 valence electrons. The number of aryl methyl sites for hydroxylation is 2. The van der Waals surface area contributed by atoms with Crippen LogP contribution in [0.2, 0.25) is 0 Å². The van der Waals surface area contributed by atoms with Crippen LogP contribution in [0.1, 0.15) is 12.1 Å². The molecule has 2 heterocycles. The molecule has 1 fully saturated rings. The van der Waals surface area contributed by atoms with Gasteiger partial charge >= 0.3 is 11.7 Å². The molecule has 8 nitrogen and oxygen atoms in total. The molecule has 0 spiro atoms. The van der Waals surface area contributed by atoms with E-state index >= 15 is 0 Å². The smallest absolute Gasteiger partial charge is 0.333 e. The van der Waals surface area contributed by atoms with Crippen molar-refractivity contribution in [3.05, 3.63) is 15.8 Å². The molecule has 2 rings (SSSR count). The largest absolute Gasteiger partial charge is 0.481 e. The predicted octanol–water partition coefficient (Wildman–Crippen LogP) is 0.548. The SMILES string of the molecule is Cc1nn(C)c(N2CC(CC(=O)O)C2)c1[N+](=O)[O-]. The molecule has 1 aliphatic heterocycles. The van der Waals surface area contributed by atoms with Crippen LogP contribution in [0.25, 0.3) is 0 Å². The monoisotopic (exact) mass is 254 g/mol. The Labute approximate surface area is 103 Å². The minimum Gasteiger partial charge on any atom is -0.481 e. The Balaban J connectivity index is 2.16. The summed E-state index contributed by atoms with van der Waals surface area (Å²) in [7, 11) is 1.65. The van der Waals surface area contributed by atoms with E-state index in [4.69, 9.17) is 5.11 Å². The average Bonchev–Trinajstić information content (AvgIpc) is 2.46. The van der Waals surface area contributed by atoms with E-state index < -0.39 is 10.9 Å². The summed E-state index contributed by atoms with van der Waals surface area (Å²) >= 11 is 0. The summed E-state index contributed by atoms with van der Waals surface area (Å²) < 4.78 is 1.48. The first-order valence-corrected chi connectivity index (χ1v) is 5.55. The first kappa shape index (κ1) is 12.3. The molecule has 1 saturated heterocycles. The summed E-state index contributed by atoms with van der Waals surface area (Å²) in [5.41, 5.74) is 0.380. The van der Waals surface area contributed by atoms with E-state index in [1.54, 1.807) is 18.9 Å². The van der Waals surface area contributed by atoms with Gasteiger partial charge in [0.15, 0.2) is 0 Å². The van der Waals surface area contributed by atoms with Crippen molar-refractivity contribution in [1.29, 1.82) is 0 Å². The standard InChI is InChI=1S/C10H14N4O4/c1-6-9(14(17)18)10(12(2)11-6)13-4-7(5-13)3-8(15)16/h7H,3-5H2,1-2H3,(H,15,16). The summed E-state index contributed by atoms with van der Waals surface area (Å²) in [5, 5.41) is 23.7. The quantitative estimate of drug-likeness (QED) is 0.621. The van der Waals surface area contributed by atoms with E-state index in [1.807, 2.05) is 0 Å². The third kappa shape index (κ3) is 2.01. The van der Waals surface area contributed by atoms with Crippen LogP contribution in [0.15, 0.2) is 0 Å². The number of carboxylic acid groups (broad SMARTS) is 1. The van der Waals surface area contributed by atoms with Crippen LogP contribution in [0.4, 0.5) is 11.5 Å². The second kappa shape index (κ2) is 4.28. The van der Waals surface area contributed by atoms with Gasteiger partial charge in [-0.2, -0.15) is 5.10 Å². The van der Waals surface area contributed by atoms with Gasteiger partial charge in [0.2, 0.25) is 5.82 Å². The Morgan fingerprint density at radius 1 is 1.61 bits per heavy atom. The Hall–Kier alpha value is -2.12. The van der Waals surface area contributed by atoms with Crippen molar-refractivity contribution in [2.75, 3.05) is 18.0 Å². The summed E-state index contributed by atoms with van der Waals surface area (Å²) in [6, 6.07) is 0. The molecule has 0 aromatic carbocycles. The number of aliphatic carboxylic acids is 1. The number of carboxylic acids is 1. The fourth-order valence-electron chi connectivity index (χ4n) is 2.32. The molecule has 0 radical (unpaired) electrons. The molecule has 0 saturated carbocycles. The zero-order valence-electron chi connectivity index (χ0n) is 10.2. The molecule has 1 aromatic rings. The summed E-state index contributed by atoms with van der Waals surface area (Å²) in [6.45, 7) is 2.63. The summed E-state index contributed by atoms with van der Waals surface area (Å²) in [4.78, 5) is 22.9. The van der Waals surface area contributed by atoms with Gasteiger partial charge in [-0.3, -0.25) is 14.9 Å². The number of nitro groups is 1. The number of hydrogen-bond acceptors (Lipinski definition) is 5. The number of anilines is 1. The summed E-state index contributed by atoms with van der Waals surface area (Å²) in [5.74, 6) is -0.327. The highest BCUT2D eigenvalue weighted by atomic mass is 16.6. The molecule has 1 aliphatic rings. The van der Waals surface area contributed by atoms with Gasteiger partial charge in [-0.1, -0.05) is 0 Å². The lowest BCUT2D eigenvalue weighted by Crippen LogP contribution is -2.48. The molecule has 0 aliphatic carbocycles. The van der Waals surface area contributed by atoms with Gasteiger partial charge in [0.25, 0.3) is 0 Å². The highest BCUT2D eigenvalue weighted by molar-refractivity contribution is 5.68. The zero-order valence-corrected chi connectivity index (χ0v) is 10.2. The molecular weight excluding hydrogens is 240 g/mol. The van der Waals surface area contributed by atoms with Crippen molar-refractivity contribution in [2.24, 2.45) is 13.0 Å². The Morgan fingerprint density at radius 3 is 2.72 bits per heavy atom. The molecule has 1 N–H and O–H groups in total. The molecular formula is C10H14N4O4. The van der Waals surface area contributed by atoms with Crippen LogP contribution >= 0.6 is 0 Å². The highest BCUT2D eigenvalue weighted by Gasteiger charge is 2.36. The van der Waals surface area contributed by atoms with Crippen molar-refractivity contribution >= 4 is 17.5 Å². The molecule has 0 bridgehead atoms. The maximum atomic E-state index is 11.0. The molecule has 8 heteroatoms. The number of carbonyl (C=O) groups is 1. The lowest BCUT2D eigenvalue weighted by Gasteiger charge is -2.39.